The molecule has 0 radical (unpaired) electrons. The van der Waals surface area contributed by atoms with Crippen LogP contribution in [0.15, 0.2) is 21.4 Å². The van der Waals surface area contributed by atoms with Crippen LogP contribution in [0.2, 0.25) is 0 Å². The van der Waals surface area contributed by atoms with Crippen LogP contribution < -0.4 is 5.32 Å². The van der Waals surface area contributed by atoms with Gasteiger partial charge in [0, 0.05) is 6.07 Å². The zero-order valence-electron chi connectivity index (χ0n) is 7.02. The van der Waals surface area contributed by atoms with E-state index in [0.717, 1.165) is 0 Å². The van der Waals surface area contributed by atoms with E-state index in [1.54, 1.807) is 13.1 Å². The molecule has 2 aromatic heterocycles. The monoisotopic (exact) mass is 180 g/mol. The largest absolute Gasteiger partial charge is 0.364 e. The second kappa shape index (κ2) is 3.36. The fourth-order valence-electron chi connectivity index (χ4n) is 0.910. The van der Waals surface area contributed by atoms with Crippen molar-refractivity contribution in [2.45, 2.75) is 6.54 Å². The predicted octanol–water partition coefficient (Wildman–Crippen LogP) is 0.444. The molecular formula is C7H8N4O2. The first kappa shape index (κ1) is 7.93. The number of nitrogens with zero attached hydrogens (tertiary/aromatic N) is 3. The summed E-state index contributed by atoms with van der Waals surface area (Å²) in [5.74, 6) is 0.972. The lowest BCUT2D eigenvalue weighted by molar-refractivity contribution is 0.371. The molecule has 0 atom stereocenters. The van der Waals surface area contributed by atoms with Gasteiger partial charge in [0.1, 0.15) is 6.26 Å². The number of hydrogen-bond donors (Lipinski definition) is 1. The highest BCUT2D eigenvalue weighted by Gasteiger charge is 2.09. The van der Waals surface area contributed by atoms with E-state index in [9.17, 15) is 0 Å². The predicted molar refractivity (Wildman–Crippen MR) is 42.6 cm³/mol. The quantitative estimate of drug-likeness (QED) is 0.738. The number of hydrogen-bond acceptors (Lipinski definition) is 6. The molecule has 2 rings (SSSR count). The van der Waals surface area contributed by atoms with E-state index in [-0.39, 0.29) is 0 Å². The molecule has 0 fully saturated rings. The first-order valence-corrected chi connectivity index (χ1v) is 3.78. The topological polar surface area (TPSA) is 77.0 Å². The van der Waals surface area contributed by atoms with E-state index in [1.807, 2.05) is 0 Å². The van der Waals surface area contributed by atoms with Gasteiger partial charge in [0.05, 0.1) is 6.54 Å². The summed E-state index contributed by atoms with van der Waals surface area (Å²) in [7, 11) is 1.81. The molecule has 13 heavy (non-hydrogen) atoms. The molecule has 0 bridgehead atoms. The van der Waals surface area contributed by atoms with Crippen LogP contribution >= 0.6 is 0 Å². The summed E-state index contributed by atoms with van der Waals surface area (Å²) < 4.78 is 9.57. The molecule has 6 nitrogen and oxygen atoms in total. The molecule has 68 valence electrons. The van der Waals surface area contributed by atoms with Gasteiger partial charge in [-0.25, -0.2) is 0 Å². The van der Waals surface area contributed by atoms with Gasteiger partial charge >= 0.3 is 0 Å². The van der Waals surface area contributed by atoms with Crippen molar-refractivity contribution in [1.29, 1.82) is 0 Å². The Morgan fingerprint density at radius 3 is 3.08 bits per heavy atom. The van der Waals surface area contributed by atoms with Gasteiger partial charge < -0.3 is 14.4 Å². The standard InChI is InChI=1S/C7H8N4O2/c1-8-4-6-9-7(11-13-6)5-2-3-12-10-5/h2-3,8H,4H2,1H3. The lowest BCUT2D eigenvalue weighted by atomic mass is 10.4. The molecular weight excluding hydrogens is 172 g/mol. The first-order chi connectivity index (χ1) is 6.40. The van der Waals surface area contributed by atoms with Gasteiger partial charge in [0.2, 0.25) is 11.7 Å². The maximum absolute atomic E-state index is 4.92. The molecule has 2 heterocycles. The lowest BCUT2D eigenvalue weighted by Crippen LogP contribution is -2.04. The number of nitrogens with one attached hydrogen (secondary N) is 1. The van der Waals surface area contributed by atoms with Crippen molar-refractivity contribution >= 4 is 0 Å². The summed E-state index contributed by atoms with van der Waals surface area (Å²) in [6, 6.07) is 1.67. The highest BCUT2D eigenvalue weighted by Crippen LogP contribution is 2.11. The van der Waals surface area contributed by atoms with Crippen LogP contribution in [0.4, 0.5) is 0 Å². The van der Waals surface area contributed by atoms with Crippen LogP contribution in [0.25, 0.3) is 11.5 Å². The third-order valence-corrected chi connectivity index (χ3v) is 1.46. The van der Waals surface area contributed by atoms with E-state index in [2.05, 4.69) is 25.1 Å². The molecule has 2 aromatic rings. The Balaban J connectivity index is 2.23. The molecule has 6 heteroatoms. The van der Waals surface area contributed by atoms with Crippen LogP contribution in [-0.4, -0.2) is 22.3 Å². The molecule has 0 saturated heterocycles. The average Bonchev–Trinajstić information content (AvgIpc) is 2.70. The van der Waals surface area contributed by atoms with Gasteiger partial charge in [-0.3, -0.25) is 0 Å². The van der Waals surface area contributed by atoms with Gasteiger partial charge in [-0.1, -0.05) is 10.3 Å². The molecule has 0 spiro atoms. The van der Waals surface area contributed by atoms with Crippen LogP contribution in [0.1, 0.15) is 5.89 Å². The van der Waals surface area contributed by atoms with E-state index < -0.39 is 0 Å². The summed E-state index contributed by atoms with van der Waals surface area (Å²) in [6.07, 6.45) is 1.46. The minimum atomic E-state index is 0.444. The molecule has 0 aliphatic carbocycles. The minimum absolute atomic E-state index is 0.444. The molecule has 0 aliphatic rings. The van der Waals surface area contributed by atoms with Crippen LogP contribution in [0.5, 0.6) is 0 Å². The van der Waals surface area contributed by atoms with Gasteiger partial charge in [-0.2, -0.15) is 4.98 Å². The zero-order chi connectivity index (χ0) is 9.10. The third-order valence-electron chi connectivity index (χ3n) is 1.46. The minimum Gasteiger partial charge on any atom is -0.364 e. The summed E-state index contributed by atoms with van der Waals surface area (Å²) >= 11 is 0. The van der Waals surface area contributed by atoms with Crippen molar-refractivity contribution in [2.75, 3.05) is 7.05 Å². The Morgan fingerprint density at radius 1 is 1.46 bits per heavy atom. The highest BCUT2D eigenvalue weighted by atomic mass is 16.5. The highest BCUT2D eigenvalue weighted by molar-refractivity contribution is 5.45. The first-order valence-electron chi connectivity index (χ1n) is 3.78. The Hall–Kier alpha value is -1.69. The van der Waals surface area contributed by atoms with Gasteiger partial charge in [0.15, 0.2) is 5.69 Å². The van der Waals surface area contributed by atoms with Crippen molar-refractivity contribution in [3.8, 4) is 11.5 Å². The molecule has 0 aliphatic heterocycles. The van der Waals surface area contributed by atoms with Crippen LogP contribution in [-0.2, 0) is 6.54 Å². The van der Waals surface area contributed by atoms with Crippen molar-refractivity contribution in [3.05, 3.63) is 18.2 Å². The van der Waals surface area contributed by atoms with Gasteiger partial charge in [-0.05, 0) is 7.05 Å². The molecule has 0 aromatic carbocycles. The summed E-state index contributed by atoms with van der Waals surface area (Å²) in [5.41, 5.74) is 0.575. The fraction of sp³-hybridized carbons (Fsp3) is 0.286. The van der Waals surface area contributed by atoms with E-state index in [0.29, 0.717) is 24.0 Å². The maximum Gasteiger partial charge on any atom is 0.240 e. The van der Waals surface area contributed by atoms with Crippen LogP contribution in [0.3, 0.4) is 0 Å². The van der Waals surface area contributed by atoms with E-state index >= 15 is 0 Å². The lowest BCUT2D eigenvalue weighted by Gasteiger charge is -1.86. The Bertz CT molecular complexity index is 368. The molecule has 0 unspecified atom stereocenters. The summed E-state index contributed by atoms with van der Waals surface area (Å²) in [5, 5.41) is 10.3. The smallest absolute Gasteiger partial charge is 0.240 e. The van der Waals surface area contributed by atoms with E-state index in [1.165, 1.54) is 6.26 Å². The van der Waals surface area contributed by atoms with E-state index in [4.69, 9.17) is 4.52 Å². The number of rotatable bonds is 3. The Morgan fingerprint density at radius 2 is 2.38 bits per heavy atom. The zero-order valence-corrected chi connectivity index (χ0v) is 7.02. The van der Waals surface area contributed by atoms with Gasteiger partial charge in [0.25, 0.3) is 0 Å². The summed E-state index contributed by atoms with van der Waals surface area (Å²) in [4.78, 5) is 4.08. The Kier molecular flexibility index (Phi) is 2.05. The second-order valence-corrected chi connectivity index (χ2v) is 2.43. The maximum atomic E-state index is 4.92. The molecule has 0 saturated carbocycles. The molecule has 0 amide bonds. The summed E-state index contributed by atoms with van der Waals surface area (Å²) in [6.45, 7) is 0.546. The normalized spacial score (nSPS) is 10.5. The third kappa shape index (κ3) is 1.57. The fourth-order valence-corrected chi connectivity index (χ4v) is 0.910. The van der Waals surface area contributed by atoms with Gasteiger partial charge in [-0.15, -0.1) is 0 Å². The van der Waals surface area contributed by atoms with Crippen molar-refractivity contribution < 1.29 is 9.05 Å². The Labute approximate surface area is 73.9 Å². The molecule has 1 N–H and O–H groups in total. The van der Waals surface area contributed by atoms with Crippen molar-refractivity contribution in [1.82, 2.24) is 20.6 Å². The SMILES string of the molecule is CNCc1nc(-c2ccon2)no1. The van der Waals surface area contributed by atoms with Crippen molar-refractivity contribution in [2.24, 2.45) is 0 Å². The average molecular weight is 180 g/mol. The second-order valence-electron chi connectivity index (χ2n) is 2.43. The van der Waals surface area contributed by atoms with Crippen LogP contribution in [0, 0.1) is 0 Å². The number of aromatic nitrogens is 3. The van der Waals surface area contributed by atoms with Crippen molar-refractivity contribution in [3.63, 3.8) is 0 Å².